The Hall–Kier alpha value is -2.64. The van der Waals surface area contributed by atoms with Gasteiger partial charge in [0.25, 0.3) is 5.91 Å². The smallest absolute Gasteiger partial charge is 0.312 e. The van der Waals surface area contributed by atoms with Gasteiger partial charge in [0.15, 0.2) is 12.4 Å². The van der Waals surface area contributed by atoms with Crippen LogP contribution in [0.1, 0.15) is 18.4 Å². The van der Waals surface area contributed by atoms with Crippen molar-refractivity contribution in [2.75, 3.05) is 26.2 Å². The Bertz CT molecular complexity index is 839. The number of nitro benzene ring substituents is 1. The van der Waals surface area contributed by atoms with Crippen molar-refractivity contribution in [3.05, 3.63) is 69.2 Å². The number of nitrogens with zero attached hydrogens (tertiary/aromatic N) is 2. The van der Waals surface area contributed by atoms with Gasteiger partial charge in [-0.25, -0.2) is 0 Å². The van der Waals surface area contributed by atoms with E-state index in [2.05, 4.69) is 34.5 Å². The summed E-state index contributed by atoms with van der Waals surface area (Å²) in [4.78, 5) is 25.0. The maximum absolute atomic E-state index is 12.1. The molecule has 1 amide bonds. The minimum atomic E-state index is -0.581. The van der Waals surface area contributed by atoms with Crippen LogP contribution >= 0.6 is 11.6 Å². The van der Waals surface area contributed by atoms with Gasteiger partial charge in [0.1, 0.15) is 0 Å². The maximum Gasteiger partial charge on any atom is 0.312 e. The van der Waals surface area contributed by atoms with Crippen molar-refractivity contribution in [2.24, 2.45) is 5.92 Å². The number of benzene rings is 2. The van der Waals surface area contributed by atoms with E-state index < -0.39 is 4.92 Å². The van der Waals surface area contributed by atoms with Crippen LogP contribution in [0.4, 0.5) is 5.69 Å². The average Bonchev–Trinajstić information content (AvgIpc) is 2.73. The van der Waals surface area contributed by atoms with Gasteiger partial charge in [-0.2, -0.15) is 0 Å². The number of likely N-dealkylation sites (tertiary alicyclic amines) is 1. The molecule has 8 heteroatoms. The van der Waals surface area contributed by atoms with Crippen LogP contribution < -0.4 is 10.1 Å². The summed E-state index contributed by atoms with van der Waals surface area (Å²) < 4.78 is 5.32. The molecular weight excluding hydrogens is 394 g/mol. The zero-order chi connectivity index (χ0) is 20.6. The first kappa shape index (κ1) is 21.1. The summed E-state index contributed by atoms with van der Waals surface area (Å²) in [5.41, 5.74) is 1.06. The van der Waals surface area contributed by atoms with Gasteiger partial charge in [0.05, 0.1) is 4.92 Å². The molecule has 2 aromatic carbocycles. The van der Waals surface area contributed by atoms with E-state index in [1.54, 1.807) is 0 Å². The number of hydrogen-bond donors (Lipinski definition) is 1. The lowest BCUT2D eigenvalue weighted by molar-refractivity contribution is -0.385. The first-order valence-corrected chi connectivity index (χ1v) is 9.99. The highest BCUT2D eigenvalue weighted by molar-refractivity contribution is 6.30. The van der Waals surface area contributed by atoms with Crippen molar-refractivity contribution >= 4 is 23.2 Å². The van der Waals surface area contributed by atoms with E-state index >= 15 is 0 Å². The number of piperidine rings is 1. The molecule has 154 valence electrons. The van der Waals surface area contributed by atoms with Crippen LogP contribution in [-0.4, -0.2) is 42.0 Å². The highest BCUT2D eigenvalue weighted by Gasteiger charge is 2.20. The van der Waals surface area contributed by atoms with Crippen molar-refractivity contribution in [2.45, 2.75) is 19.4 Å². The van der Waals surface area contributed by atoms with E-state index in [0.29, 0.717) is 12.5 Å². The van der Waals surface area contributed by atoms with E-state index in [-0.39, 0.29) is 29.0 Å². The van der Waals surface area contributed by atoms with Crippen LogP contribution in [0.3, 0.4) is 0 Å². The number of halogens is 1. The van der Waals surface area contributed by atoms with Crippen LogP contribution in [0.2, 0.25) is 5.02 Å². The van der Waals surface area contributed by atoms with Gasteiger partial charge in [-0.3, -0.25) is 19.8 Å². The monoisotopic (exact) mass is 417 g/mol. The van der Waals surface area contributed by atoms with Gasteiger partial charge in [-0.05, 0) is 49.5 Å². The molecule has 1 fully saturated rings. The molecule has 3 rings (SSSR count). The molecule has 7 nitrogen and oxygen atoms in total. The molecule has 0 spiro atoms. The summed E-state index contributed by atoms with van der Waals surface area (Å²) in [7, 11) is 0. The highest BCUT2D eigenvalue weighted by atomic mass is 35.5. The molecule has 0 aliphatic carbocycles. The third-order valence-electron chi connectivity index (χ3n) is 5.02. The Labute approximate surface area is 174 Å². The molecule has 0 unspecified atom stereocenters. The molecule has 0 atom stereocenters. The molecule has 0 radical (unpaired) electrons. The average molecular weight is 418 g/mol. The summed E-state index contributed by atoms with van der Waals surface area (Å²) in [5, 5.41) is 14.2. The summed E-state index contributed by atoms with van der Waals surface area (Å²) in [6.07, 6.45) is 2.05. The fraction of sp³-hybridized carbons (Fsp3) is 0.381. The number of carbonyl (C=O) groups is 1. The standard InChI is InChI=1S/C21H24ClN3O4/c22-18-6-7-20(19(12-18)25(27)28)29-15-21(26)23-13-16-8-10-24(11-9-16)14-17-4-2-1-3-5-17/h1-7,12,16H,8-11,13-15H2,(H,23,26). The third kappa shape index (κ3) is 6.44. The molecule has 2 aromatic rings. The number of ether oxygens (including phenoxy) is 1. The molecule has 0 bridgehead atoms. The quantitative estimate of drug-likeness (QED) is 0.523. The largest absolute Gasteiger partial charge is 0.477 e. The lowest BCUT2D eigenvalue weighted by Crippen LogP contribution is -2.39. The van der Waals surface area contributed by atoms with Gasteiger partial charge in [0.2, 0.25) is 0 Å². The van der Waals surface area contributed by atoms with E-state index in [9.17, 15) is 14.9 Å². The number of carbonyl (C=O) groups excluding carboxylic acids is 1. The van der Waals surface area contributed by atoms with Crippen LogP contribution in [0.25, 0.3) is 0 Å². The van der Waals surface area contributed by atoms with Crippen molar-refractivity contribution in [3.8, 4) is 5.75 Å². The second-order valence-electron chi connectivity index (χ2n) is 7.17. The van der Waals surface area contributed by atoms with Gasteiger partial charge in [0, 0.05) is 24.2 Å². The zero-order valence-electron chi connectivity index (χ0n) is 16.1. The normalized spacial score (nSPS) is 15.1. The summed E-state index contributed by atoms with van der Waals surface area (Å²) >= 11 is 5.77. The Morgan fingerprint density at radius 3 is 2.62 bits per heavy atom. The summed E-state index contributed by atoms with van der Waals surface area (Å²) in [6.45, 7) is 3.28. The van der Waals surface area contributed by atoms with Crippen LogP contribution in [0.5, 0.6) is 5.75 Å². The second-order valence-corrected chi connectivity index (χ2v) is 7.60. The first-order chi connectivity index (χ1) is 14.0. The van der Waals surface area contributed by atoms with Crippen molar-refractivity contribution in [3.63, 3.8) is 0 Å². The van der Waals surface area contributed by atoms with Crippen LogP contribution in [0, 0.1) is 16.0 Å². The van der Waals surface area contributed by atoms with E-state index in [4.69, 9.17) is 16.3 Å². The lowest BCUT2D eigenvalue weighted by atomic mass is 9.96. The molecule has 1 heterocycles. The number of nitro groups is 1. The van der Waals surface area contributed by atoms with Gasteiger partial charge in [-0.1, -0.05) is 41.9 Å². The van der Waals surface area contributed by atoms with Crippen LogP contribution in [0.15, 0.2) is 48.5 Å². The Morgan fingerprint density at radius 2 is 1.93 bits per heavy atom. The number of amides is 1. The Kier molecular flexibility index (Phi) is 7.43. The predicted octanol–water partition coefficient (Wildman–Crippen LogP) is 3.66. The van der Waals surface area contributed by atoms with Crippen molar-refractivity contribution < 1.29 is 14.5 Å². The lowest BCUT2D eigenvalue weighted by Gasteiger charge is -2.32. The molecular formula is C21H24ClN3O4. The van der Waals surface area contributed by atoms with E-state index in [1.807, 2.05) is 6.07 Å². The van der Waals surface area contributed by atoms with Gasteiger partial charge < -0.3 is 10.1 Å². The topological polar surface area (TPSA) is 84.7 Å². The number of hydrogen-bond acceptors (Lipinski definition) is 5. The van der Waals surface area contributed by atoms with Crippen molar-refractivity contribution in [1.82, 2.24) is 10.2 Å². The molecule has 1 N–H and O–H groups in total. The number of rotatable bonds is 8. The summed E-state index contributed by atoms with van der Waals surface area (Å²) in [6, 6.07) is 14.5. The third-order valence-corrected chi connectivity index (χ3v) is 5.26. The van der Waals surface area contributed by atoms with Crippen molar-refractivity contribution in [1.29, 1.82) is 0 Å². The maximum atomic E-state index is 12.1. The molecule has 29 heavy (non-hydrogen) atoms. The molecule has 1 aliphatic rings. The molecule has 0 aromatic heterocycles. The minimum Gasteiger partial charge on any atom is -0.477 e. The molecule has 0 saturated carbocycles. The Balaban J connectivity index is 1.38. The first-order valence-electron chi connectivity index (χ1n) is 9.61. The second kappa shape index (κ2) is 10.2. The zero-order valence-corrected chi connectivity index (χ0v) is 16.8. The van der Waals surface area contributed by atoms with Gasteiger partial charge in [-0.15, -0.1) is 0 Å². The Morgan fingerprint density at radius 1 is 1.21 bits per heavy atom. The van der Waals surface area contributed by atoms with Crippen LogP contribution in [-0.2, 0) is 11.3 Å². The summed E-state index contributed by atoms with van der Waals surface area (Å²) in [5.74, 6) is 0.167. The van der Waals surface area contributed by atoms with Gasteiger partial charge >= 0.3 is 5.69 Å². The predicted molar refractivity (Wildman–Crippen MR) is 111 cm³/mol. The molecule has 1 aliphatic heterocycles. The minimum absolute atomic E-state index is 0.0313. The van der Waals surface area contributed by atoms with E-state index in [1.165, 1.54) is 23.8 Å². The SMILES string of the molecule is O=C(COc1ccc(Cl)cc1[N+](=O)[O-])NCC1CCN(Cc2ccccc2)CC1. The number of nitrogens with one attached hydrogen (secondary N) is 1. The van der Waals surface area contributed by atoms with E-state index in [0.717, 1.165) is 32.5 Å². The fourth-order valence-electron chi connectivity index (χ4n) is 3.40. The highest BCUT2D eigenvalue weighted by Crippen LogP contribution is 2.29. The fourth-order valence-corrected chi connectivity index (χ4v) is 3.56. The molecule has 1 saturated heterocycles.